The van der Waals surface area contributed by atoms with E-state index in [4.69, 9.17) is 0 Å². The molecule has 1 aliphatic carbocycles. The lowest BCUT2D eigenvalue weighted by molar-refractivity contribution is 0.0691. The molecule has 1 saturated carbocycles. The molecule has 172 valence electrons. The molecule has 3 aromatic rings. The molecular formula is C28H33N3O2. The van der Waals surface area contributed by atoms with Crippen molar-refractivity contribution in [2.24, 2.45) is 5.92 Å². The van der Waals surface area contributed by atoms with Crippen LogP contribution in [0, 0.1) is 31.6 Å². The van der Waals surface area contributed by atoms with Crippen LogP contribution in [-0.4, -0.2) is 26.8 Å². The van der Waals surface area contributed by atoms with Crippen LogP contribution in [0.5, 0.6) is 0 Å². The summed E-state index contributed by atoms with van der Waals surface area (Å²) < 4.78 is 0. The Morgan fingerprint density at radius 1 is 1.21 bits per heavy atom. The maximum Gasteiger partial charge on any atom is 0.255 e. The summed E-state index contributed by atoms with van der Waals surface area (Å²) >= 11 is 0. The van der Waals surface area contributed by atoms with Crippen LogP contribution in [0.25, 0.3) is 10.9 Å². The molecule has 0 unspecified atom stereocenters. The number of hydrogen-bond donors (Lipinski definition) is 2. The lowest BCUT2D eigenvalue weighted by atomic mass is 10.00. The van der Waals surface area contributed by atoms with Crippen LogP contribution in [-0.2, 0) is 13.0 Å². The minimum atomic E-state index is -0.107. The molecule has 1 aromatic carbocycles. The number of aryl methyl sites for hydroxylation is 3. The van der Waals surface area contributed by atoms with Gasteiger partial charge in [0.1, 0.15) is 0 Å². The number of aromatic nitrogens is 2. The van der Waals surface area contributed by atoms with Crippen LogP contribution in [0.1, 0.15) is 78.3 Å². The number of hydrogen-bond acceptors (Lipinski definition) is 2. The summed E-state index contributed by atoms with van der Waals surface area (Å²) in [5.41, 5.74) is 5.87. The summed E-state index contributed by atoms with van der Waals surface area (Å²) in [7, 11) is 0. The van der Waals surface area contributed by atoms with Crippen molar-refractivity contribution >= 4 is 16.8 Å². The molecule has 2 N–H and O–H groups in total. The van der Waals surface area contributed by atoms with Gasteiger partial charge in [-0.3, -0.25) is 9.59 Å². The highest BCUT2D eigenvalue weighted by atomic mass is 16.2. The standard InChI is InChI=1S/C28H33N3O2/c1-6-7-22-12-19(5)30-27(32)24(22)16-31(17(2)3)28(33)23-13-21(11-10-20-8-9-20)14-25-26(23)18(4)15-29-25/h12-15,17,20,29H,6-9,16H2,1-5H3,(H,30,32). The molecule has 2 heterocycles. The Morgan fingerprint density at radius 3 is 2.64 bits per heavy atom. The largest absolute Gasteiger partial charge is 0.361 e. The Morgan fingerprint density at radius 2 is 1.97 bits per heavy atom. The summed E-state index contributed by atoms with van der Waals surface area (Å²) in [6.45, 7) is 10.3. The van der Waals surface area contributed by atoms with Crippen molar-refractivity contribution in [1.82, 2.24) is 14.9 Å². The first kappa shape index (κ1) is 22.9. The average Bonchev–Trinajstić information content (AvgIpc) is 3.52. The van der Waals surface area contributed by atoms with Gasteiger partial charge in [-0.25, -0.2) is 0 Å². The van der Waals surface area contributed by atoms with E-state index in [1.54, 1.807) is 4.90 Å². The van der Waals surface area contributed by atoms with Gasteiger partial charge >= 0.3 is 0 Å². The van der Waals surface area contributed by atoms with Gasteiger partial charge in [-0.15, -0.1) is 0 Å². The van der Waals surface area contributed by atoms with E-state index in [-0.39, 0.29) is 24.1 Å². The fourth-order valence-electron chi connectivity index (χ4n) is 4.36. The molecule has 2 aromatic heterocycles. The predicted molar refractivity (Wildman–Crippen MR) is 133 cm³/mol. The maximum absolute atomic E-state index is 14.0. The minimum Gasteiger partial charge on any atom is -0.361 e. The van der Waals surface area contributed by atoms with Gasteiger partial charge in [-0.1, -0.05) is 25.2 Å². The molecule has 5 heteroatoms. The van der Waals surface area contributed by atoms with Crippen molar-refractivity contribution in [2.75, 3.05) is 0 Å². The van der Waals surface area contributed by atoms with E-state index in [0.717, 1.165) is 59.0 Å². The fourth-order valence-corrected chi connectivity index (χ4v) is 4.36. The third-order valence-corrected chi connectivity index (χ3v) is 6.30. The molecule has 0 atom stereocenters. The van der Waals surface area contributed by atoms with E-state index < -0.39 is 0 Å². The summed E-state index contributed by atoms with van der Waals surface area (Å²) in [5, 5.41) is 0.925. The summed E-state index contributed by atoms with van der Waals surface area (Å²) in [6.07, 6.45) is 6.01. The zero-order valence-electron chi connectivity index (χ0n) is 20.3. The maximum atomic E-state index is 14.0. The number of aromatic amines is 2. The van der Waals surface area contributed by atoms with Crippen molar-refractivity contribution in [3.63, 3.8) is 0 Å². The number of nitrogens with one attached hydrogen (secondary N) is 2. The average molecular weight is 444 g/mol. The number of H-pyrrole nitrogens is 2. The van der Waals surface area contributed by atoms with Gasteiger partial charge in [0.2, 0.25) is 0 Å². The fraction of sp³-hybridized carbons (Fsp3) is 0.429. The first-order valence-corrected chi connectivity index (χ1v) is 11.9. The van der Waals surface area contributed by atoms with Crippen LogP contribution in [0.3, 0.4) is 0 Å². The van der Waals surface area contributed by atoms with E-state index in [2.05, 4.69) is 28.7 Å². The number of rotatable bonds is 6. The number of benzene rings is 1. The van der Waals surface area contributed by atoms with E-state index in [1.807, 2.05) is 52.1 Å². The highest BCUT2D eigenvalue weighted by Gasteiger charge is 2.25. The molecule has 4 rings (SSSR count). The number of carbonyl (C=O) groups is 1. The Kier molecular flexibility index (Phi) is 6.47. The quantitative estimate of drug-likeness (QED) is 0.512. The van der Waals surface area contributed by atoms with Crippen molar-refractivity contribution < 1.29 is 4.79 Å². The molecule has 0 radical (unpaired) electrons. The molecule has 1 aliphatic rings. The molecule has 1 fully saturated rings. The van der Waals surface area contributed by atoms with Crippen molar-refractivity contribution in [2.45, 2.75) is 72.9 Å². The second kappa shape index (κ2) is 9.31. The lowest BCUT2D eigenvalue weighted by Crippen LogP contribution is -2.38. The van der Waals surface area contributed by atoms with Gasteiger partial charge in [0.25, 0.3) is 11.5 Å². The predicted octanol–water partition coefficient (Wildman–Crippen LogP) is 5.24. The first-order valence-electron chi connectivity index (χ1n) is 11.9. The molecule has 0 aliphatic heterocycles. The van der Waals surface area contributed by atoms with Crippen LogP contribution < -0.4 is 5.56 Å². The monoisotopic (exact) mass is 443 g/mol. The summed E-state index contributed by atoms with van der Waals surface area (Å²) in [4.78, 5) is 34.8. The second-order valence-corrected chi connectivity index (χ2v) is 9.52. The van der Waals surface area contributed by atoms with Gasteiger partial charge in [-0.05, 0) is 76.3 Å². The van der Waals surface area contributed by atoms with Gasteiger partial charge < -0.3 is 14.9 Å². The van der Waals surface area contributed by atoms with E-state index in [0.29, 0.717) is 17.0 Å². The number of carbonyl (C=O) groups excluding carboxylic acids is 1. The zero-order valence-corrected chi connectivity index (χ0v) is 20.3. The molecule has 5 nitrogen and oxygen atoms in total. The number of nitrogens with zero attached hydrogens (tertiary/aromatic N) is 1. The Balaban J connectivity index is 1.77. The van der Waals surface area contributed by atoms with Gasteiger partial charge in [0, 0.05) is 45.9 Å². The molecule has 33 heavy (non-hydrogen) atoms. The van der Waals surface area contributed by atoms with Gasteiger partial charge in [0.05, 0.1) is 12.1 Å². The molecular weight excluding hydrogens is 410 g/mol. The van der Waals surface area contributed by atoms with E-state index >= 15 is 0 Å². The second-order valence-electron chi connectivity index (χ2n) is 9.52. The highest BCUT2D eigenvalue weighted by Crippen LogP contribution is 2.29. The zero-order chi connectivity index (χ0) is 23.7. The highest BCUT2D eigenvalue weighted by molar-refractivity contribution is 6.08. The molecule has 0 spiro atoms. The van der Waals surface area contributed by atoms with Crippen molar-refractivity contribution in [1.29, 1.82) is 0 Å². The van der Waals surface area contributed by atoms with Crippen LogP contribution in [0.2, 0.25) is 0 Å². The SMILES string of the molecule is CCCc1cc(C)[nH]c(=O)c1CN(C(=O)c1cc(C#CC2CC2)cc2[nH]cc(C)c12)C(C)C. The van der Waals surface area contributed by atoms with Gasteiger partial charge in [0.15, 0.2) is 0 Å². The third kappa shape index (κ3) is 4.90. The third-order valence-electron chi connectivity index (χ3n) is 6.30. The number of pyridine rings is 1. The van der Waals surface area contributed by atoms with Crippen LogP contribution >= 0.6 is 0 Å². The smallest absolute Gasteiger partial charge is 0.255 e. The van der Waals surface area contributed by atoms with Crippen molar-refractivity contribution in [3.05, 3.63) is 68.3 Å². The number of fused-ring (bicyclic) bond motifs is 1. The molecule has 1 amide bonds. The van der Waals surface area contributed by atoms with Crippen LogP contribution in [0.15, 0.2) is 29.2 Å². The lowest BCUT2D eigenvalue weighted by Gasteiger charge is -2.28. The Bertz CT molecular complexity index is 1310. The molecule has 0 bridgehead atoms. The summed E-state index contributed by atoms with van der Waals surface area (Å²) in [6, 6.07) is 5.91. The van der Waals surface area contributed by atoms with Crippen molar-refractivity contribution in [3.8, 4) is 11.8 Å². The first-order chi connectivity index (χ1) is 15.8. The normalized spacial score (nSPS) is 13.3. The summed E-state index contributed by atoms with van der Waals surface area (Å²) in [5.74, 6) is 6.98. The van der Waals surface area contributed by atoms with Gasteiger partial charge in [-0.2, -0.15) is 0 Å². The van der Waals surface area contributed by atoms with Crippen LogP contribution in [0.4, 0.5) is 0 Å². The minimum absolute atomic E-state index is 0.0665. The van der Waals surface area contributed by atoms with E-state index in [9.17, 15) is 9.59 Å². The number of amides is 1. The Labute approximate surface area is 195 Å². The van der Waals surface area contributed by atoms with E-state index in [1.165, 1.54) is 0 Å². The molecule has 0 saturated heterocycles. The topological polar surface area (TPSA) is 69.0 Å². The Hall–Kier alpha value is -3.26.